The van der Waals surface area contributed by atoms with Gasteiger partial charge in [-0.3, -0.25) is 9.36 Å². The van der Waals surface area contributed by atoms with Crippen LogP contribution in [0, 0.1) is 6.92 Å². The van der Waals surface area contributed by atoms with Gasteiger partial charge >= 0.3 is 0 Å². The second kappa shape index (κ2) is 11.2. The number of carbonyl (C=O) groups excluding carboxylic acids is 1. The Morgan fingerprint density at radius 3 is 2.06 bits per heavy atom. The molecule has 186 valence electrons. The van der Waals surface area contributed by atoms with Crippen LogP contribution in [-0.4, -0.2) is 66.4 Å². The van der Waals surface area contributed by atoms with Crippen LogP contribution in [0.3, 0.4) is 0 Å². The quantitative estimate of drug-likeness (QED) is 0.456. The van der Waals surface area contributed by atoms with E-state index in [1.165, 1.54) is 5.56 Å². The third-order valence-corrected chi connectivity index (χ3v) is 5.94. The summed E-state index contributed by atoms with van der Waals surface area (Å²) >= 11 is 0. The van der Waals surface area contributed by atoms with Crippen LogP contribution in [0.2, 0.25) is 0 Å². The van der Waals surface area contributed by atoms with Crippen molar-refractivity contribution < 1.29 is 19.0 Å². The van der Waals surface area contributed by atoms with Gasteiger partial charge in [0.1, 0.15) is 0 Å². The van der Waals surface area contributed by atoms with E-state index in [0.29, 0.717) is 68.8 Å². The molecule has 1 aliphatic heterocycles. The van der Waals surface area contributed by atoms with E-state index >= 15 is 0 Å². The first-order valence-electron chi connectivity index (χ1n) is 12.3. The summed E-state index contributed by atoms with van der Waals surface area (Å²) in [6, 6.07) is 11.9. The molecule has 0 bridgehead atoms. The highest BCUT2D eigenvalue weighted by Crippen LogP contribution is 2.39. The summed E-state index contributed by atoms with van der Waals surface area (Å²) < 4.78 is 19.4. The van der Waals surface area contributed by atoms with Crippen LogP contribution in [0.4, 0.5) is 5.95 Å². The van der Waals surface area contributed by atoms with Crippen LogP contribution >= 0.6 is 0 Å². The lowest BCUT2D eigenvalue weighted by Gasteiger charge is -2.35. The number of rotatable bonds is 9. The molecule has 8 nitrogen and oxygen atoms in total. The van der Waals surface area contributed by atoms with Gasteiger partial charge in [0, 0.05) is 49.8 Å². The number of imidazole rings is 1. The van der Waals surface area contributed by atoms with Crippen molar-refractivity contribution >= 4 is 11.9 Å². The van der Waals surface area contributed by atoms with Crippen LogP contribution in [0.1, 0.15) is 36.7 Å². The number of hydrogen-bond acceptors (Lipinski definition) is 6. The van der Waals surface area contributed by atoms with Crippen LogP contribution < -0.4 is 19.1 Å². The second-order valence-corrected chi connectivity index (χ2v) is 8.31. The Bertz CT molecular complexity index is 1110. The molecule has 0 radical (unpaired) electrons. The summed E-state index contributed by atoms with van der Waals surface area (Å²) in [5.41, 5.74) is 2.83. The van der Waals surface area contributed by atoms with Crippen molar-refractivity contribution in [2.45, 2.75) is 27.7 Å². The summed E-state index contributed by atoms with van der Waals surface area (Å²) in [5, 5.41) is 0. The van der Waals surface area contributed by atoms with E-state index < -0.39 is 0 Å². The second-order valence-electron chi connectivity index (χ2n) is 8.31. The minimum atomic E-state index is -0.0449. The number of hydrogen-bond donors (Lipinski definition) is 0. The van der Waals surface area contributed by atoms with Gasteiger partial charge in [-0.2, -0.15) is 0 Å². The van der Waals surface area contributed by atoms with Crippen molar-refractivity contribution in [3.63, 3.8) is 0 Å². The topological polar surface area (TPSA) is 69.1 Å². The van der Waals surface area contributed by atoms with Crippen LogP contribution in [0.25, 0.3) is 5.69 Å². The van der Waals surface area contributed by atoms with Crippen molar-refractivity contribution in [1.29, 1.82) is 0 Å². The van der Waals surface area contributed by atoms with Gasteiger partial charge in [-0.1, -0.05) is 17.7 Å². The molecule has 35 heavy (non-hydrogen) atoms. The van der Waals surface area contributed by atoms with E-state index in [0.717, 1.165) is 11.6 Å². The highest BCUT2D eigenvalue weighted by Gasteiger charge is 2.26. The van der Waals surface area contributed by atoms with Gasteiger partial charge in [0.2, 0.25) is 11.7 Å². The highest BCUT2D eigenvalue weighted by molar-refractivity contribution is 5.95. The van der Waals surface area contributed by atoms with Gasteiger partial charge in [-0.25, -0.2) is 4.98 Å². The highest BCUT2D eigenvalue weighted by atomic mass is 16.5. The first kappa shape index (κ1) is 24.4. The van der Waals surface area contributed by atoms with Crippen molar-refractivity contribution in [1.82, 2.24) is 14.5 Å². The van der Waals surface area contributed by atoms with E-state index in [2.05, 4.69) is 45.6 Å². The van der Waals surface area contributed by atoms with Gasteiger partial charge in [-0.05, 0) is 52.0 Å². The zero-order chi connectivity index (χ0) is 24.8. The van der Waals surface area contributed by atoms with Gasteiger partial charge in [0.15, 0.2) is 11.5 Å². The van der Waals surface area contributed by atoms with Gasteiger partial charge < -0.3 is 24.0 Å². The number of nitrogens with zero attached hydrogens (tertiary/aromatic N) is 4. The third-order valence-electron chi connectivity index (χ3n) is 5.94. The van der Waals surface area contributed by atoms with Gasteiger partial charge in [0.25, 0.3) is 5.91 Å². The van der Waals surface area contributed by atoms with Crippen molar-refractivity contribution in [3.8, 4) is 22.9 Å². The summed E-state index contributed by atoms with van der Waals surface area (Å²) in [4.78, 5) is 22.1. The molecular formula is C27H34N4O4. The largest absolute Gasteiger partial charge is 0.490 e. The molecular weight excluding hydrogens is 444 g/mol. The summed E-state index contributed by atoms with van der Waals surface area (Å²) in [6.07, 6.45) is 3.79. The van der Waals surface area contributed by atoms with E-state index in [1.54, 1.807) is 12.1 Å². The third kappa shape index (κ3) is 5.37. The molecule has 0 aliphatic carbocycles. The van der Waals surface area contributed by atoms with Crippen LogP contribution in [0.5, 0.6) is 17.2 Å². The Hall–Kier alpha value is -3.68. The molecule has 1 aliphatic rings. The summed E-state index contributed by atoms with van der Waals surface area (Å²) in [7, 11) is 0. The predicted octanol–water partition coefficient (Wildman–Crippen LogP) is 4.34. The Morgan fingerprint density at radius 1 is 0.886 bits per heavy atom. The maximum absolute atomic E-state index is 13.4. The number of benzene rings is 2. The van der Waals surface area contributed by atoms with Crippen molar-refractivity contribution in [2.75, 3.05) is 50.9 Å². The molecule has 4 rings (SSSR count). The fraction of sp³-hybridized carbons (Fsp3) is 0.407. The SMILES string of the molecule is CCOc1cc(C(=O)N2CCN(c3nccn3-c3ccc(C)cc3)CC2)cc(OCC)c1OCC. The summed E-state index contributed by atoms with van der Waals surface area (Å²) in [5.74, 6) is 2.45. The molecule has 0 saturated carbocycles. The number of aromatic nitrogens is 2. The smallest absolute Gasteiger partial charge is 0.254 e. The van der Waals surface area contributed by atoms with E-state index in [9.17, 15) is 4.79 Å². The zero-order valence-electron chi connectivity index (χ0n) is 21.0. The van der Waals surface area contributed by atoms with Gasteiger partial charge in [0.05, 0.1) is 19.8 Å². The molecule has 1 fully saturated rings. The number of ether oxygens (including phenoxy) is 3. The average molecular weight is 479 g/mol. The molecule has 3 aromatic rings. The molecule has 0 N–H and O–H groups in total. The number of carbonyl (C=O) groups is 1. The number of aryl methyl sites for hydroxylation is 1. The minimum absolute atomic E-state index is 0.0449. The number of piperazine rings is 1. The van der Waals surface area contributed by atoms with E-state index in [4.69, 9.17) is 14.2 Å². The van der Waals surface area contributed by atoms with Crippen LogP contribution in [0.15, 0.2) is 48.8 Å². The molecule has 1 amide bonds. The number of amides is 1. The zero-order valence-corrected chi connectivity index (χ0v) is 21.0. The maximum Gasteiger partial charge on any atom is 0.254 e. The monoisotopic (exact) mass is 478 g/mol. The first-order valence-corrected chi connectivity index (χ1v) is 12.3. The number of anilines is 1. The molecule has 0 atom stereocenters. The fourth-order valence-corrected chi connectivity index (χ4v) is 4.24. The molecule has 2 aromatic carbocycles. The predicted molar refractivity (Wildman–Crippen MR) is 136 cm³/mol. The van der Waals surface area contributed by atoms with E-state index in [1.807, 2.05) is 38.1 Å². The fourth-order valence-electron chi connectivity index (χ4n) is 4.24. The Morgan fingerprint density at radius 2 is 1.49 bits per heavy atom. The lowest BCUT2D eigenvalue weighted by molar-refractivity contribution is 0.0745. The Labute approximate surface area is 207 Å². The standard InChI is InChI=1S/C27H34N4O4/c1-5-33-23-18-21(19-24(34-6-2)25(23)35-7-3)26(32)29-14-16-30(17-15-29)27-28-12-13-31(27)22-10-8-20(4)9-11-22/h8-13,18-19H,5-7,14-17H2,1-4H3. The molecule has 0 spiro atoms. The molecule has 0 unspecified atom stereocenters. The first-order chi connectivity index (χ1) is 17.0. The maximum atomic E-state index is 13.4. The van der Waals surface area contributed by atoms with Gasteiger partial charge in [-0.15, -0.1) is 0 Å². The molecule has 2 heterocycles. The molecule has 8 heteroatoms. The van der Waals surface area contributed by atoms with Crippen LogP contribution in [-0.2, 0) is 0 Å². The minimum Gasteiger partial charge on any atom is -0.490 e. The van der Waals surface area contributed by atoms with Crippen molar-refractivity contribution in [2.24, 2.45) is 0 Å². The molecule has 1 aromatic heterocycles. The summed E-state index contributed by atoms with van der Waals surface area (Å²) in [6.45, 7) is 11.8. The van der Waals surface area contributed by atoms with E-state index in [-0.39, 0.29) is 5.91 Å². The Balaban J connectivity index is 1.50. The molecule has 1 saturated heterocycles. The Kier molecular flexibility index (Phi) is 7.80. The normalized spacial score (nSPS) is 13.6. The lowest BCUT2D eigenvalue weighted by Crippen LogP contribution is -2.49. The van der Waals surface area contributed by atoms with Crippen molar-refractivity contribution in [3.05, 3.63) is 59.9 Å². The average Bonchev–Trinajstić information content (AvgIpc) is 3.36. The lowest BCUT2D eigenvalue weighted by atomic mass is 10.1.